The van der Waals surface area contributed by atoms with Gasteiger partial charge in [-0.2, -0.15) is 0 Å². The average molecular weight is 212 g/mol. The lowest BCUT2D eigenvalue weighted by Crippen LogP contribution is -2.22. The van der Waals surface area contributed by atoms with Crippen LogP contribution in [0.2, 0.25) is 0 Å². The van der Waals surface area contributed by atoms with E-state index in [0.717, 1.165) is 0 Å². The van der Waals surface area contributed by atoms with Gasteiger partial charge in [-0.1, -0.05) is 32.4 Å². The third kappa shape index (κ3) is 24.5. The SMILES string of the molecule is C1CC1.C=C(C)C(=O)[O-].C=C(C)C(=O)[O-]. The van der Waals surface area contributed by atoms with Gasteiger partial charge < -0.3 is 19.8 Å². The number of carboxylic acids is 2. The summed E-state index contributed by atoms with van der Waals surface area (Å²) in [6.45, 7) is 8.95. The number of aliphatic carboxylic acids is 2. The summed E-state index contributed by atoms with van der Waals surface area (Å²) >= 11 is 0. The normalized spacial score (nSPS) is 10.8. The highest BCUT2D eigenvalue weighted by atomic mass is 16.4. The number of hydrogen-bond donors (Lipinski definition) is 0. The minimum absolute atomic E-state index is 0.0648. The van der Waals surface area contributed by atoms with E-state index in [2.05, 4.69) is 13.2 Å². The van der Waals surface area contributed by atoms with Crippen molar-refractivity contribution in [3.05, 3.63) is 24.3 Å². The minimum atomic E-state index is -1.19. The van der Waals surface area contributed by atoms with Crippen molar-refractivity contribution in [3.63, 3.8) is 0 Å². The van der Waals surface area contributed by atoms with Crippen molar-refractivity contribution in [1.82, 2.24) is 0 Å². The molecule has 0 spiro atoms. The molecule has 86 valence electrons. The molecule has 0 N–H and O–H groups in total. The summed E-state index contributed by atoms with van der Waals surface area (Å²) in [5.41, 5.74) is 0.130. The Balaban J connectivity index is 0. The summed E-state index contributed by atoms with van der Waals surface area (Å²) in [6.07, 6.45) is 4.50. The van der Waals surface area contributed by atoms with Gasteiger partial charge in [0.1, 0.15) is 0 Å². The van der Waals surface area contributed by atoms with Gasteiger partial charge in [-0.25, -0.2) is 0 Å². The summed E-state index contributed by atoms with van der Waals surface area (Å²) in [5, 5.41) is 19.0. The van der Waals surface area contributed by atoms with Crippen LogP contribution in [0.4, 0.5) is 0 Å². The maximum Gasteiger partial charge on any atom is 0.0666 e. The first-order valence-electron chi connectivity index (χ1n) is 4.52. The molecule has 15 heavy (non-hydrogen) atoms. The molecule has 0 aromatic rings. The Labute approximate surface area is 89.9 Å². The van der Waals surface area contributed by atoms with Crippen LogP contribution >= 0.6 is 0 Å². The van der Waals surface area contributed by atoms with Crippen molar-refractivity contribution in [1.29, 1.82) is 0 Å². The van der Waals surface area contributed by atoms with Gasteiger partial charge in [0.05, 0.1) is 11.9 Å². The highest BCUT2D eigenvalue weighted by molar-refractivity contribution is 5.83. The second-order valence-electron chi connectivity index (χ2n) is 3.20. The van der Waals surface area contributed by atoms with E-state index in [4.69, 9.17) is 0 Å². The zero-order valence-electron chi connectivity index (χ0n) is 9.17. The number of carbonyl (C=O) groups excluding carboxylic acids is 2. The van der Waals surface area contributed by atoms with E-state index in [1.54, 1.807) is 0 Å². The highest BCUT2D eigenvalue weighted by Crippen LogP contribution is 2.14. The molecule has 0 radical (unpaired) electrons. The van der Waals surface area contributed by atoms with E-state index < -0.39 is 11.9 Å². The van der Waals surface area contributed by atoms with Gasteiger partial charge in [0.25, 0.3) is 0 Å². The molecule has 0 saturated heterocycles. The lowest BCUT2D eigenvalue weighted by molar-refractivity contribution is -0.300. The van der Waals surface area contributed by atoms with Crippen molar-refractivity contribution in [3.8, 4) is 0 Å². The van der Waals surface area contributed by atoms with Crippen LogP contribution in [0.3, 0.4) is 0 Å². The molecule has 0 amide bonds. The Bertz CT molecular complexity index is 201. The molecule has 0 heterocycles. The predicted molar refractivity (Wildman–Crippen MR) is 53.5 cm³/mol. The fourth-order valence-corrected chi connectivity index (χ4v) is 0. The first-order chi connectivity index (χ1) is 6.79. The van der Waals surface area contributed by atoms with Crippen LogP contribution < -0.4 is 10.2 Å². The monoisotopic (exact) mass is 212 g/mol. The average Bonchev–Trinajstić information content (AvgIpc) is 2.90. The molecular formula is C11H16O4-2. The van der Waals surface area contributed by atoms with Crippen LogP contribution in [-0.4, -0.2) is 11.9 Å². The van der Waals surface area contributed by atoms with Crippen molar-refractivity contribution in [2.75, 3.05) is 0 Å². The number of carbonyl (C=O) groups is 2. The smallest absolute Gasteiger partial charge is 0.0666 e. The molecule has 0 unspecified atom stereocenters. The van der Waals surface area contributed by atoms with Gasteiger partial charge in [0, 0.05) is 0 Å². The van der Waals surface area contributed by atoms with E-state index in [0.29, 0.717) is 0 Å². The Morgan fingerprint density at radius 3 is 1.00 bits per heavy atom. The Kier molecular flexibility index (Phi) is 9.52. The van der Waals surface area contributed by atoms with Gasteiger partial charge in [-0.15, -0.1) is 0 Å². The van der Waals surface area contributed by atoms with Gasteiger partial charge >= 0.3 is 0 Å². The summed E-state index contributed by atoms with van der Waals surface area (Å²) < 4.78 is 0. The highest BCUT2D eigenvalue weighted by Gasteiger charge is 1.95. The molecule has 0 aromatic heterocycles. The van der Waals surface area contributed by atoms with Crippen LogP contribution in [0, 0.1) is 0 Å². The molecule has 0 aromatic carbocycles. The molecule has 1 saturated carbocycles. The second kappa shape index (κ2) is 8.99. The van der Waals surface area contributed by atoms with Crippen LogP contribution in [0.1, 0.15) is 33.1 Å². The lowest BCUT2D eigenvalue weighted by atomic mass is 10.4. The van der Waals surface area contributed by atoms with Crippen LogP contribution in [-0.2, 0) is 9.59 Å². The first kappa shape index (κ1) is 15.9. The van der Waals surface area contributed by atoms with E-state index in [1.807, 2.05) is 0 Å². The van der Waals surface area contributed by atoms with E-state index in [9.17, 15) is 19.8 Å². The maximum atomic E-state index is 9.49. The largest absolute Gasteiger partial charge is 0.545 e. The quantitative estimate of drug-likeness (QED) is 0.593. The van der Waals surface area contributed by atoms with E-state index in [1.165, 1.54) is 33.1 Å². The molecule has 0 bridgehead atoms. The Morgan fingerprint density at radius 2 is 1.00 bits per heavy atom. The Morgan fingerprint density at radius 1 is 0.867 bits per heavy atom. The van der Waals surface area contributed by atoms with Crippen molar-refractivity contribution in [2.45, 2.75) is 33.1 Å². The fraction of sp³-hybridized carbons (Fsp3) is 0.455. The zero-order valence-corrected chi connectivity index (χ0v) is 9.17. The molecular weight excluding hydrogens is 196 g/mol. The maximum absolute atomic E-state index is 9.49. The van der Waals surface area contributed by atoms with Crippen LogP contribution in [0.5, 0.6) is 0 Å². The van der Waals surface area contributed by atoms with Crippen LogP contribution in [0.25, 0.3) is 0 Å². The molecule has 1 aliphatic rings. The molecule has 4 heteroatoms. The van der Waals surface area contributed by atoms with Crippen molar-refractivity contribution < 1.29 is 19.8 Å². The van der Waals surface area contributed by atoms with Crippen molar-refractivity contribution >= 4 is 11.9 Å². The summed E-state index contributed by atoms with van der Waals surface area (Å²) in [5.74, 6) is -2.37. The third-order valence-electron chi connectivity index (χ3n) is 1.05. The third-order valence-corrected chi connectivity index (χ3v) is 1.05. The second-order valence-corrected chi connectivity index (χ2v) is 3.20. The molecule has 0 aliphatic heterocycles. The zero-order chi connectivity index (χ0) is 12.4. The number of hydrogen-bond acceptors (Lipinski definition) is 4. The standard InChI is InChI=1S/2C4H6O2.C3H6/c2*1-3(2)4(5)6;1-2-3-1/h2*1H2,2H3,(H,5,6);1-3H2/p-2. The van der Waals surface area contributed by atoms with Crippen molar-refractivity contribution in [2.24, 2.45) is 0 Å². The summed E-state index contributed by atoms with van der Waals surface area (Å²) in [4.78, 5) is 19.0. The molecule has 4 nitrogen and oxygen atoms in total. The molecule has 1 rings (SSSR count). The van der Waals surface area contributed by atoms with E-state index in [-0.39, 0.29) is 11.1 Å². The number of carboxylic acid groups (broad SMARTS) is 2. The summed E-state index contributed by atoms with van der Waals surface area (Å²) in [7, 11) is 0. The Hall–Kier alpha value is -1.58. The fourth-order valence-electron chi connectivity index (χ4n) is 0. The van der Waals surface area contributed by atoms with Crippen LogP contribution in [0.15, 0.2) is 24.3 Å². The predicted octanol–water partition coefficient (Wildman–Crippen LogP) is -0.205. The van der Waals surface area contributed by atoms with E-state index >= 15 is 0 Å². The van der Waals surface area contributed by atoms with Gasteiger partial charge in [-0.3, -0.25) is 0 Å². The number of rotatable bonds is 2. The van der Waals surface area contributed by atoms with Gasteiger partial charge in [0.15, 0.2) is 0 Å². The minimum Gasteiger partial charge on any atom is -0.545 e. The van der Waals surface area contributed by atoms with Gasteiger partial charge in [0.2, 0.25) is 0 Å². The first-order valence-corrected chi connectivity index (χ1v) is 4.52. The molecule has 1 aliphatic carbocycles. The summed E-state index contributed by atoms with van der Waals surface area (Å²) in [6, 6.07) is 0. The topological polar surface area (TPSA) is 80.3 Å². The molecule has 0 atom stereocenters. The molecule has 1 fully saturated rings. The lowest BCUT2D eigenvalue weighted by Gasteiger charge is -1.93. The van der Waals surface area contributed by atoms with Gasteiger partial charge in [-0.05, 0) is 25.0 Å².